The molecule has 55 heteroatoms. The number of carboxylic acid groups (broad SMARTS) is 4. The number of aromatic hydroxyl groups is 1. The van der Waals surface area contributed by atoms with Gasteiger partial charge in [-0.15, -0.1) is 0 Å². The summed E-state index contributed by atoms with van der Waals surface area (Å²) in [6, 6.07) is -15.1. The van der Waals surface area contributed by atoms with Crippen LogP contribution in [-0.4, -0.2) is 350 Å². The number of aliphatic hydroxyl groups excluding tert-OH is 3. The van der Waals surface area contributed by atoms with Crippen molar-refractivity contribution in [2.24, 2.45) is 40.9 Å². The molecular weight excluding hydrogens is 1910 g/mol. The molecule has 0 spiro atoms. The number of guanidine groups is 1. The van der Waals surface area contributed by atoms with Crippen molar-refractivity contribution in [3.63, 3.8) is 0 Å². The maximum atomic E-state index is 14.3. The van der Waals surface area contributed by atoms with Gasteiger partial charge in [-0.05, 0) is 119 Å². The van der Waals surface area contributed by atoms with Crippen molar-refractivity contribution in [1.82, 2.24) is 106 Å². The normalized spacial score (nSPS) is 15.7. The number of nitrogens with zero attached hydrogens (tertiary/aromatic N) is 1. The van der Waals surface area contributed by atoms with Gasteiger partial charge in [0, 0.05) is 25.9 Å². The zero-order chi connectivity index (χ0) is 109. The van der Waals surface area contributed by atoms with E-state index in [1.807, 2.05) is 6.92 Å². The number of phenolic OH excluding ortho intramolecular Hbond substituents is 1. The van der Waals surface area contributed by atoms with Gasteiger partial charge in [-0.1, -0.05) is 104 Å². The maximum absolute atomic E-state index is 14.3. The lowest BCUT2D eigenvalue weighted by atomic mass is 9.99. The Balaban J connectivity index is 1.75. The summed E-state index contributed by atoms with van der Waals surface area (Å²) < 4.78 is 0. The molecule has 2 aromatic carbocycles. The molecule has 18 atom stereocenters. The number of unbranched alkanes of at least 4 members (excludes halogenated alkanes) is 1. The predicted molar refractivity (Wildman–Crippen MR) is 510 cm³/mol. The number of nitrogens with two attached hydrogens (primary N) is 3. The van der Waals surface area contributed by atoms with Crippen LogP contribution in [0.15, 0.2) is 54.6 Å². The Bertz CT molecular complexity index is 4820. The number of carboxylic acids is 4. The Morgan fingerprint density at radius 3 is 1.29 bits per heavy atom. The number of hydrogen-bond donors (Lipinski definition) is 31. The highest BCUT2D eigenvalue weighted by Crippen LogP contribution is 2.20. The number of rotatable bonds is 65. The van der Waals surface area contributed by atoms with Crippen LogP contribution in [0.2, 0.25) is 0 Å². The predicted octanol–water partition coefficient (Wildman–Crippen LogP) is -10.6. The van der Waals surface area contributed by atoms with E-state index >= 15 is 0 Å². The molecule has 55 nitrogen and oxygen atoms in total. The Kier molecular flexibility index (Phi) is 54.2. The second kappa shape index (κ2) is 63.2. The van der Waals surface area contributed by atoms with Crippen LogP contribution in [0.1, 0.15) is 157 Å². The van der Waals surface area contributed by atoms with E-state index in [0.29, 0.717) is 18.4 Å². The second-order valence-electron chi connectivity index (χ2n) is 35.7. The highest BCUT2D eigenvalue weighted by atomic mass is 16.4. The average Bonchev–Trinajstić information content (AvgIpc) is 1.41. The van der Waals surface area contributed by atoms with Gasteiger partial charge in [0.15, 0.2) is 5.96 Å². The molecule has 34 N–H and O–H groups in total. The first kappa shape index (κ1) is 124. The number of nitrogens with one attached hydrogen (secondary N) is 20. The van der Waals surface area contributed by atoms with Crippen LogP contribution in [0.3, 0.4) is 0 Å². The third-order valence-corrected chi connectivity index (χ3v) is 22.7. The smallest absolute Gasteiger partial charge is 0.326 e. The highest BCUT2D eigenvalue weighted by molar-refractivity contribution is 6.03. The van der Waals surface area contributed by atoms with Crippen molar-refractivity contribution in [3.05, 3.63) is 65.7 Å². The number of carbonyl (C=O) groups is 23. The molecule has 0 aliphatic carbocycles. The molecule has 2 aromatic rings. The minimum Gasteiger partial charge on any atom is -0.508 e. The summed E-state index contributed by atoms with van der Waals surface area (Å²) in [5.41, 5.74) is 17.8. The Morgan fingerprint density at radius 2 is 0.800 bits per heavy atom. The quantitative estimate of drug-likeness (QED) is 0.0166. The Morgan fingerprint density at radius 1 is 0.407 bits per heavy atom. The summed E-state index contributed by atoms with van der Waals surface area (Å²) >= 11 is 0. The molecule has 0 saturated carbocycles. The van der Waals surface area contributed by atoms with Crippen molar-refractivity contribution in [3.8, 4) is 5.75 Å². The fourth-order valence-corrected chi connectivity index (χ4v) is 14.2. The Hall–Kier alpha value is -14.9. The van der Waals surface area contributed by atoms with Gasteiger partial charge in [0.05, 0.1) is 64.8 Å². The van der Waals surface area contributed by atoms with E-state index in [4.69, 9.17) is 22.6 Å². The van der Waals surface area contributed by atoms with Gasteiger partial charge in [0.1, 0.15) is 102 Å². The number of aliphatic carboxylic acids is 4. The average molecular weight is 2050 g/mol. The third-order valence-electron chi connectivity index (χ3n) is 22.7. The van der Waals surface area contributed by atoms with Crippen LogP contribution in [0.25, 0.3) is 0 Å². The summed E-state index contributed by atoms with van der Waals surface area (Å²) in [6.07, 6.45) is -3.26. The summed E-state index contributed by atoms with van der Waals surface area (Å²) in [6.45, 7) is 9.32. The van der Waals surface area contributed by atoms with Crippen LogP contribution in [-0.2, 0) is 123 Å². The van der Waals surface area contributed by atoms with Crippen LogP contribution >= 0.6 is 0 Å². The summed E-state index contributed by atoms with van der Waals surface area (Å²) in [5.74, 6) is -30.3. The number of benzene rings is 2. The summed E-state index contributed by atoms with van der Waals surface area (Å²) in [7, 11) is 0. The lowest BCUT2D eigenvalue weighted by Crippen LogP contribution is -2.62. The van der Waals surface area contributed by atoms with Gasteiger partial charge in [-0.25, -0.2) is 4.79 Å². The molecular formula is C90H140N24O31. The molecule has 806 valence electrons. The number of phenols is 1. The van der Waals surface area contributed by atoms with Gasteiger partial charge < -0.3 is 164 Å². The number of amides is 19. The molecule has 1 heterocycles. The van der Waals surface area contributed by atoms with Crippen molar-refractivity contribution in [1.29, 1.82) is 5.41 Å². The first-order chi connectivity index (χ1) is 68.2. The van der Waals surface area contributed by atoms with Crippen LogP contribution < -0.4 is 118 Å². The minimum atomic E-state index is -2.11. The molecule has 1 aliphatic heterocycles. The number of carbonyl (C=O) groups excluding carboxylic acids is 19. The molecule has 3 rings (SSSR count). The second-order valence-corrected chi connectivity index (χ2v) is 35.7. The lowest BCUT2D eigenvalue weighted by molar-refractivity contribution is -0.147. The van der Waals surface area contributed by atoms with Gasteiger partial charge in [0.25, 0.3) is 0 Å². The van der Waals surface area contributed by atoms with Crippen LogP contribution in [0.4, 0.5) is 0 Å². The first-order valence-corrected chi connectivity index (χ1v) is 46.9. The molecule has 1 saturated heterocycles. The molecule has 0 bridgehead atoms. The third kappa shape index (κ3) is 44.7. The van der Waals surface area contributed by atoms with E-state index in [9.17, 15) is 151 Å². The molecule has 0 aromatic heterocycles. The monoisotopic (exact) mass is 2050 g/mol. The SMILES string of the molecule is CC[C@H](C)[C@H](N)C(=O)NCC(=O)N1CCC[C@H]1C(=O)N[C@@H](C)C(=O)N[C@@H](C)C(=O)N[C@@H](CO)C(=O)N[C@@H](CCCNC(=N)N)C(=O)N[C@@H](CC(C)C)C(=O)N[C@@H](CO)C(=O)N[C@@H](Cc1ccc(O)cc1)C(=O)NCC(=O)NCC(=O)N[C@H](C(=O)N[C@@H](CC(=O)O)C(=O)N[C@H](C(=O)N[C@@H](CO)C(=O)N[C@@H](CC(=O)O)C(=O)N[C@@H](CCCCN)C(=O)N[C@@H](Cc1ccccc1)C(=O)N[C@@H](CC(=O)O)C(=O)O)C(C)C)C(C)C. The van der Waals surface area contributed by atoms with E-state index in [0.717, 1.165) is 0 Å². The molecule has 0 radical (unpaired) electrons. The van der Waals surface area contributed by atoms with E-state index in [-0.39, 0.29) is 88.2 Å². The topological polar surface area (TPSA) is 888 Å². The number of hydrogen-bond acceptors (Lipinski definition) is 30. The fourth-order valence-electron chi connectivity index (χ4n) is 14.2. The zero-order valence-corrected chi connectivity index (χ0v) is 82.2. The van der Waals surface area contributed by atoms with Gasteiger partial charge in [-0.2, -0.15) is 0 Å². The van der Waals surface area contributed by atoms with Gasteiger partial charge >= 0.3 is 23.9 Å². The largest absolute Gasteiger partial charge is 0.508 e. The first-order valence-electron chi connectivity index (χ1n) is 46.9. The highest BCUT2D eigenvalue weighted by Gasteiger charge is 2.42. The fraction of sp³-hybridized carbons (Fsp3) is 0.600. The van der Waals surface area contributed by atoms with Crippen LogP contribution in [0.5, 0.6) is 5.75 Å². The molecule has 145 heavy (non-hydrogen) atoms. The van der Waals surface area contributed by atoms with Crippen molar-refractivity contribution in [2.45, 2.75) is 262 Å². The summed E-state index contributed by atoms with van der Waals surface area (Å²) in [5, 5.41) is 132. The van der Waals surface area contributed by atoms with E-state index < -0.39 is 328 Å². The zero-order valence-electron chi connectivity index (χ0n) is 82.2. The van der Waals surface area contributed by atoms with E-state index in [1.54, 1.807) is 51.1 Å². The van der Waals surface area contributed by atoms with Crippen molar-refractivity contribution >= 4 is 142 Å². The number of likely N-dealkylation sites (tertiary alicyclic amines) is 1. The van der Waals surface area contributed by atoms with Crippen molar-refractivity contribution < 1.29 is 151 Å². The molecule has 1 aliphatic rings. The van der Waals surface area contributed by atoms with Crippen LogP contribution in [0, 0.1) is 29.1 Å². The maximum Gasteiger partial charge on any atom is 0.326 e. The van der Waals surface area contributed by atoms with Gasteiger partial charge in [0.2, 0.25) is 112 Å². The number of aliphatic hydroxyl groups is 3. The van der Waals surface area contributed by atoms with E-state index in [1.165, 1.54) is 70.7 Å². The standard InChI is InChI=1S/C90H140N24O31/c1-11-46(8)70(92)86(141)98-39-66(121)114-30-18-23-63(114)85(140)100-47(9)73(128)99-48(10)74(129)109-60(40-115)82(137)102-53(22-17-29-95-90(93)94)77(132)103-54(31-43(2)3)78(133)110-61(41-116)83(138)104-55(33-50-24-26-51(118)27-25-50)75(130)97-37-64(119)96-38-65(120)112-71(44(4)5)87(142)107-58(35-68(124)125)81(136)113-72(45(6)7)88(143)111-62(42-117)84(139)106-57(34-67(122)123)80(135)101-52(21-15-16-28-91)76(131)105-56(32-49-19-13-12-14-20-49)79(134)108-59(89(144)145)36-69(126)127/h12-14,19-20,24-27,43-48,52-63,70-72,115-118H,11,15-18,21-23,28-42,91-92H2,1-10H3,(H,96,119)(H,97,130)(H,98,141)(H,99,128)(H,100,140)(H,101,135)(H,102,137)(H,103,132)(H,104,138)(H,105,131)(H,106,139)(H,107,142)(H,108,134)(H,109,129)(H,110,133)(H,111,143)(H,112,120)(H,113,136)(H,122,123)(H,124,125)(H,126,127)(H,144,145)(H4,93,94,95)/t46-,47-,48-,52-,53-,54-,55-,56-,57-,58-,59-,60-,61-,62-,63-,70-,71-,72-/m0/s1. The lowest BCUT2D eigenvalue weighted by Gasteiger charge is -2.28. The van der Waals surface area contributed by atoms with Crippen molar-refractivity contribution in [2.75, 3.05) is 59.1 Å². The van der Waals surface area contributed by atoms with E-state index in [2.05, 4.69) is 101 Å². The molecule has 0 unspecified atom stereocenters. The Labute approximate surface area is 834 Å². The molecule has 19 amide bonds. The molecule has 1 fully saturated rings. The minimum absolute atomic E-state index is 0.00670. The summed E-state index contributed by atoms with van der Waals surface area (Å²) in [4.78, 5) is 311. The van der Waals surface area contributed by atoms with Gasteiger partial charge in [-0.3, -0.25) is 111 Å².